The fourth-order valence-corrected chi connectivity index (χ4v) is 4.33. The second-order valence-corrected chi connectivity index (χ2v) is 8.25. The van der Waals surface area contributed by atoms with Gasteiger partial charge in [-0.3, -0.25) is 9.59 Å². The van der Waals surface area contributed by atoms with Crippen LogP contribution in [-0.2, 0) is 19.1 Å². The van der Waals surface area contributed by atoms with Crippen molar-refractivity contribution in [2.75, 3.05) is 26.9 Å². The van der Waals surface area contributed by atoms with Crippen LogP contribution in [0.3, 0.4) is 0 Å². The number of carbonyl (C=O) groups is 2. The number of amides is 1. The Bertz CT molecular complexity index is 424. The Labute approximate surface area is 158 Å². The van der Waals surface area contributed by atoms with Crippen molar-refractivity contribution in [3.63, 3.8) is 0 Å². The van der Waals surface area contributed by atoms with E-state index in [9.17, 15) is 9.59 Å². The zero-order chi connectivity index (χ0) is 18.8. The molecule has 26 heavy (non-hydrogen) atoms. The van der Waals surface area contributed by atoms with E-state index in [0.717, 1.165) is 51.2 Å². The van der Waals surface area contributed by atoms with Gasteiger partial charge in [-0.2, -0.15) is 0 Å². The molecule has 1 amide bonds. The lowest BCUT2D eigenvalue weighted by Gasteiger charge is -2.28. The molecule has 2 rings (SSSR count). The summed E-state index contributed by atoms with van der Waals surface area (Å²) >= 11 is 0. The van der Waals surface area contributed by atoms with Crippen LogP contribution in [0, 0.1) is 17.8 Å². The van der Waals surface area contributed by atoms with Gasteiger partial charge in [0.05, 0.1) is 0 Å². The number of hydrogen-bond acceptors (Lipinski definition) is 4. The Morgan fingerprint density at radius 2 is 1.54 bits per heavy atom. The largest absolute Gasteiger partial charge is 0.384 e. The summed E-state index contributed by atoms with van der Waals surface area (Å²) in [7, 11) is 1.78. The third kappa shape index (κ3) is 7.75. The van der Waals surface area contributed by atoms with Gasteiger partial charge in [0.25, 0.3) is 0 Å². The molecule has 0 atom stereocenters. The summed E-state index contributed by atoms with van der Waals surface area (Å²) in [6.45, 7) is 4.06. The third-order valence-corrected chi connectivity index (χ3v) is 6.08. The normalized spacial score (nSPS) is 29.3. The molecule has 0 aliphatic heterocycles. The SMILES string of the molecule is COCC1CCC(COCCCC(=O)NC2CCC(C(C)=O)CC2)CC1. The monoisotopic (exact) mass is 367 g/mol. The molecule has 5 nitrogen and oxygen atoms in total. The van der Waals surface area contributed by atoms with Gasteiger partial charge >= 0.3 is 0 Å². The Hall–Kier alpha value is -0.940. The minimum absolute atomic E-state index is 0.125. The molecule has 2 aliphatic rings. The number of carbonyl (C=O) groups excluding carboxylic acids is 2. The molecule has 5 heteroatoms. The van der Waals surface area contributed by atoms with Crippen LogP contribution in [0.5, 0.6) is 0 Å². The number of ketones is 1. The molecule has 0 heterocycles. The van der Waals surface area contributed by atoms with Crippen LogP contribution in [0.15, 0.2) is 0 Å². The van der Waals surface area contributed by atoms with Crippen LogP contribution in [0.4, 0.5) is 0 Å². The molecule has 0 bridgehead atoms. The first-order valence-electron chi connectivity index (χ1n) is 10.4. The molecule has 0 radical (unpaired) electrons. The lowest BCUT2D eigenvalue weighted by molar-refractivity contribution is -0.123. The maximum atomic E-state index is 12.0. The highest BCUT2D eigenvalue weighted by molar-refractivity contribution is 5.78. The molecule has 2 saturated carbocycles. The van der Waals surface area contributed by atoms with Crippen molar-refractivity contribution in [2.24, 2.45) is 17.8 Å². The first-order valence-corrected chi connectivity index (χ1v) is 10.4. The standard InChI is InChI=1S/C21H37NO4/c1-16(23)19-9-11-20(12-10-19)22-21(24)4-3-13-26-15-18-7-5-17(6-8-18)14-25-2/h17-20H,3-15H2,1-2H3,(H,22,24). The molecular weight excluding hydrogens is 330 g/mol. The second-order valence-electron chi connectivity index (χ2n) is 8.25. The van der Waals surface area contributed by atoms with E-state index >= 15 is 0 Å². The van der Waals surface area contributed by atoms with Crippen LogP contribution in [0.1, 0.15) is 71.1 Å². The summed E-state index contributed by atoms with van der Waals surface area (Å²) in [6, 6.07) is 0.251. The van der Waals surface area contributed by atoms with E-state index in [1.54, 1.807) is 14.0 Å². The molecule has 150 valence electrons. The van der Waals surface area contributed by atoms with Crippen LogP contribution in [-0.4, -0.2) is 44.7 Å². The van der Waals surface area contributed by atoms with E-state index in [0.29, 0.717) is 24.7 Å². The minimum atomic E-state index is 0.125. The maximum Gasteiger partial charge on any atom is 0.220 e. The predicted molar refractivity (Wildman–Crippen MR) is 102 cm³/mol. The van der Waals surface area contributed by atoms with Crippen molar-refractivity contribution in [3.05, 3.63) is 0 Å². The van der Waals surface area contributed by atoms with Crippen molar-refractivity contribution in [1.82, 2.24) is 5.32 Å². The Kier molecular flexibility index (Phi) is 9.62. The van der Waals surface area contributed by atoms with E-state index in [4.69, 9.17) is 9.47 Å². The quantitative estimate of drug-likeness (QED) is 0.600. The van der Waals surface area contributed by atoms with Gasteiger partial charge in [-0.1, -0.05) is 0 Å². The lowest BCUT2D eigenvalue weighted by atomic mass is 9.83. The summed E-state index contributed by atoms with van der Waals surface area (Å²) < 4.78 is 11.0. The zero-order valence-electron chi connectivity index (χ0n) is 16.6. The average Bonchev–Trinajstić information content (AvgIpc) is 2.63. The van der Waals surface area contributed by atoms with Crippen LogP contribution in [0.25, 0.3) is 0 Å². The van der Waals surface area contributed by atoms with Crippen LogP contribution < -0.4 is 5.32 Å². The van der Waals surface area contributed by atoms with Gasteiger partial charge in [0, 0.05) is 45.3 Å². The topological polar surface area (TPSA) is 64.6 Å². The van der Waals surface area contributed by atoms with Crippen molar-refractivity contribution in [3.8, 4) is 0 Å². The molecular formula is C21H37NO4. The lowest BCUT2D eigenvalue weighted by Crippen LogP contribution is -2.38. The molecule has 2 aliphatic carbocycles. The van der Waals surface area contributed by atoms with Gasteiger partial charge in [-0.05, 0) is 76.5 Å². The van der Waals surface area contributed by atoms with E-state index in [-0.39, 0.29) is 17.9 Å². The van der Waals surface area contributed by atoms with Crippen molar-refractivity contribution in [1.29, 1.82) is 0 Å². The Balaban J connectivity index is 1.46. The minimum Gasteiger partial charge on any atom is -0.384 e. The van der Waals surface area contributed by atoms with E-state index in [2.05, 4.69) is 5.32 Å². The highest BCUT2D eigenvalue weighted by Gasteiger charge is 2.25. The van der Waals surface area contributed by atoms with E-state index in [1.165, 1.54) is 25.7 Å². The highest BCUT2D eigenvalue weighted by atomic mass is 16.5. The maximum absolute atomic E-state index is 12.0. The molecule has 0 spiro atoms. The van der Waals surface area contributed by atoms with Crippen molar-refractivity contribution >= 4 is 11.7 Å². The van der Waals surface area contributed by atoms with E-state index < -0.39 is 0 Å². The first kappa shape index (κ1) is 21.4. The van der Waals surface area contributed by atoms with Gasteiger partial charge in [-0.25, -0.2) is 0 Å². The van der Waals surface area contributed by atoms with E-state index in [1.807, 2.05) is 0 Å². The summed E-state index contributed by atoms with van der Waals surface area (Å²) in [5.74, 6) is 2.03. The number of hydrogen-bond donors (Lipinski definition) is 1. The zero-order valence-corrected chi connectivity index (χ0v) is 16.6. The average molecular weight is 368 g/mol. The number of ether oxygens (including phenoxy) is 2. The second kappa shape index (κ2) is 11.7. The molecule has 2 fully saturated rings. The Morgan fingerprint density at radius 1 is 0.923 bits per heavy atom. The number of Topliss-reactive ketones (excluding diaryl/α,β-unsaturated/α-hetero) is 1. The third-order valence-electron chi connectivity index (χ3n) is 6.08. The van der Waals surface area contributed by atoms with Gasteiger partial charge in [0.1, 0.15) is 5.78 Å². The van der Waals surface area contributed by atoms with Gasteiger partial charge in [0.15, 0.2) is 0 Å². The summed E-state index contributed by atoms with van der Waals surface area (Å²) in [4.78, 5) is 23.4. The fraction of sp³-hybridized carbons (Fsp3) is 0.905. The van der Waals surface area contributed by atoms with Crippen molar-refractivity contribution < 1.29 is 19.1 Å². The number of rotatable bonds is 10. The summed E-state index contributed by atoms with van der Waals surface area (Å²) in [6.07, 6.45) is 9.96. The first-order chi connectivity index (χ1) is 12.6. The molecule has 0 saturated heterocycles. The van der Waals surface area contributed by atoms with Gasteiger partial charge in [-0.15, -0.1) is 0 Å². The molecule has 1 N–H and O–H groups in total. The van der Waals surface area contributed by atoms with Crippen molar-refractivity contribution in [2.45, 2.75) is 77.2 Å². The molecule has 0 aromatic carbocycles. The molecule has 0 aromatic heterocycles. The highest BCUT2D eigenvalue weighted by Crippen LogP contribution is 2.29. The van der Waals surface area contributed by atoms with Gasteiger partial charge < -0.3 is 14.8 Å². The summed E-state index contributed by atoms with van der Waals surface area (Å²) in [5, 5.41) is 3.12. The van der Waals surface area contributed by atoms with Gasteiger partial charge in [0.2, 0.25) is 5.91 Å². The Morgan fingerprint density at radius 3 is 2.12 bits per heavy atom. The van der Waals surface area contributed by atoms with Crippen LogP contribution in [0.2, 0.25) is 0 Å². The van der Waals surface area contributed by atoms with Crippen LogP contribution >= 0.6 is 0 Å². The predicted octanol–water partition coefficient (Wildman–Crippen LogP) is 3.50. The molecule has 0 aromatic rings. The number of methoxy groups -OCH3 is 1. The smallest absolute Gasteiger partial charge is 0.220 e. The number of nitrogens with one attached hydrogen (secondary N) is 1. The molecule has 0 unspecified atom stereocenters. The fourth-order valence-electron chi connectivity index (χ4n) is 4.33. The summed E-state index contributed by atoms with van der Waals surface area (Å²) in [5.41, 5.74) is 0.